The van der Waals surface area contributed by atoms with E-state index in [2.05, 4.69) is 21.2 Å². The van der Waals surface area contributed by atoms with Crippen LogP contribution in [0.2, 0.25) is 0 Å². The average Bonchev–Trinajstić information content (AvgIpc) is 3.36. The Bertz CT molecular complexity index is 1880. The summed E-state index contributed by atoms with van der Waals surface area (Å²) in [5.41, 5.74) is 5.23. The average molecular weight is 535 g/mol. The van der Waals surface area contributed by atoms with E-state index in [1.807, 2.05) is 68.5 Å². The van der Waals surface area contributed by atoms with Crippen molar-refractivity contribution in [1.29, 1.82) is 5.26 Å². The summed E-state index contributed by atoms with van der Waals surface area (Å²) in [6.45, 7) is 5.55. The first-order valence-corrected chi connectivity index (χ1v) is 14.2. The Kier molecular flexibility index (Phi) is 6.62. The van der Waals surface area contributed by atoms with Crippen molar-refractivity contribution in [2.45, 2.75) is 31.1 Å². The van der Waals surface area contributed by atoms with E-state index in [9.17, 15) is 13.7 Å². The van der Waals surface area contributed by atoms with Gasteiger partial charge in [-0.2, -0.15) is 10.2 Å². The van der Waals surface area contributed by atoms with E-state index in [4.69, 9.17) is 4.52 Å². The van der Waals surface area contributed by atoms with Crippen LogP contribution in [-0.2, 0) is 15.3 Å². The smallest absolute Gasteiger partial charge is 0.258 e. The summed E-state index contributed by atoms with van der Waals surface area (Å²) < 4.78 is 29.4. The van der Waals surface area contributed by atoms with Gasteiger partial charge in [0.2, 0.25) is 0 Å². The van der Waals surface area contributed by atoms with Crippen molar-refractivity contribution in [1.82, 2.24) is 15.1 Å². The topological polar surface area (TPSA) is 110 Å². The van der Waals surface area contributed by atoms with Gasteiger partial charge in [-0.15, -0.1) is 0 Å². The fraction of sp³-hybridized carbons (Fsp3) is 0.161. The summed E-state index contributed by atoms with van der Waals surface area (Å²) in [4.78, 5) is 9.29. The van der Waals surface area contributed by atoms with E-state index in [0.29, 0.717) is 17.3 Å². The fourth-order valence-corrected chi connectivity index (χ4v) is 4.99. The van der Waals surface area contributed by atoms with E-state index in [-0.39, 0.29) is 4.90 Å². The summed E-state index contributed by atoms with van der Waals surface area (Å²) in [6.07, 6.45) is 4.88. The minimum Gasteiger partial charge on any atom is -0.334 e. The van der Waals surface area contributed by atoms with Crippen molar-refractivity contribution in [3.05, 3.63) is 107 Å². The van der Waals surface area contributed by atoms with Gasteiger partial charge in [0.1, 0.15) is 0 Å². The number of aryl methyl sites for hydroxylation is 1. The maximum Gasteiger partial charge on any atom is 0.258 e. The van der Waals surface area contributed by atoms with Gasteiger partial charge in [0.15, 0.2) is 15.7 Å². The molecule has 5 aromatic rings. The van der Waals surface area contributed by atoms with Crippen LogP contribution in [-0.4, -0.2) is 29.8 Å². The Morgan fingerprint density at radius 3 is 2.46 bits per heavy atom. The maximum atomic E-state index is 12.0. The molecule has 2 heterocycles. The molecule has 7 nitrogen and oxygen atoms in total. The molecule has 0 aliphatic heterocycles. The van der Waals surface area contributed by atoms with Crippen LogP contribution in [0.25, 0.3) is 33.7 Å². The fourth-order valence-electron chi connectivity index (χ4n) is 4.36. The van der Waals surface area contributed by atoms with Gasteiger partial charge in [0, 0.05) is 29.0 Å². The summed E-state index contributed by atoms with van der Waals surface area (Å²) in [5.74, 6) is 0.821. The SMILES string of the molecule is Cc1noc(/C(=C/c2cccc(-c3cc(C(C)(C)C#N)cc4cccnc34)c2)c2ccc(S(C)(=O)=O)cc2)n1. The molecule has 3 aromatic carbocycles. The first-order valence-electron chi connectivity index (χ1n) is 12.3. The number of sulfone groups is 1. The molecule has 0 atom stereocenters. The predicted octanol–water partition coefficient (Wildman–Crippen LogP) is 6.39. The molecule has 5 rings (SSSR count). The Labute approximate surface area is 227 Å². The Morgan fingerprint density at radius 2 is 1.79 bits per heavy atom. The van der Waals surface area contributed by atoms with Crippen molar-refractivity contribution >= 4 is 32.4 Å². The van der Waals surface area contributed by atoms with Crippen molar-refractivity contribution in [2.24, 2.45) is 0 Å². The molecule has 0 bridgehead atoms. The van der Waals surface area contributed by atoms with E-state index in [0.717, 1.165) is 38.7 Å². The molecule has 0 N–H and O–H groups in total. The van der Waals surface area contributed by atoms with Gasteiger partial charge in [-0.25, -0.2) is 8.42 Å². The molecule has 39 heavy (non-hydrogen) atoms. The second-order valence-corrected chi connectivity index (χ2v) is 12.0. The number of nitrogens with zero attached hydrogens (tertiary/aromatic N) is 4. The summed E-state index contributed by atoms with van der Waals surface area (Å²) >= 11 is 0. The van der Waals surface area contributed by atoms with Crippen LogP contribution in [0.5, 0.6) is 0 Å². The molecule has 0 aliphatic rings. The monoisotopic (exact) mass is 534 g/mol. The minimum absolute atomic E-state index is 0.230. The largest absolute Gasteiger partial charge is 0.334 e. The molecule has 0 spiro atoms. The highest BCUT2D eigenvalue weighted by molar-refractivity contribution is 7.90. The minimum atomic E-state index is -3.33. The van der Waals surface area contributed by atoms with Crippen molar-refractivity contribution in [3.8, 4) is 17.2 Å². The second-order valence-electron chi connectivity index (χ2n) is 9.96. The Balaban J connectivity index is 1.66. The van der Waals surface area contributed by atoms with Crippen molar-refractivity contribution < 1.29 is 12.9 Å². The molecule has 0 radical (unpaired) electrons. The number of aromatic nitrogens is 3. The number of benzene rings is 3. The van der Waals surface area contributed by atoms with Crippen LogP contribution in [0.4, 0.5) is 0 Å². The predicted molar refractivity (Wildman–Crippen MR) is 151 cm³/mol. The zero-order chi connectivity index (χ0) is 27.8. The molecular formula is C31H26N4O3S. The second kappa shape index (κ2) is 9.93. The van der Waals surface area contributed by atoms with Gasteiger partial charge in [0.25, 0.3) is 5.89 Å². The number of rotatable bonds is 6. The molecule has 0 fully saturated rings. The van der Waals surface area contributed by atoms with Crippen LogP contribution >= 0.6 is 0 Å². The lowest BCUT2D eigenvalue weighted by Crippen LogP contribution is -2.14. The van der Waals surface area contributed by atoms with Crippen LogP contribution < -0.4 is 0 Å². The molecule has 0 amide bonds. The molecule has 8 heteroatoms. The highest BCUT2D eigenvalue weighted by atomic mass is 32.2. The first kappa shape index (κ1) is 26.0. The Morgan fingerprint density at radius 1 is 1.03 bits per heavy atom. The van der Waals surface area contributed by atoms with Gasteiger partial charge < -0.3 is 4.52 Å². The summed E-state index contributed by atoms with van der Waals surface area (Å²) in [5, 5.41) is 14.7. The number of nitriles is 1. The number of hydrogen-bond acceptors (Lipinski definition) is 7. The van der Waals surface area contributed by atoms with Crippen molar-refractivity contribution in [2.75, 3.05) is 6.26 Å². The van der Waals surface area contributed by atoms with E-state index >= 15 is 0 Å². The molecule has 194 valence electrons. The van der Waals surface area contributed by atoms with Crippen LogP contribution in [0.1, 0.15) is 42.3 Å². The van der Waals surface area contributed by atoms with Crippen LogP contribution in [0.15, 0.2) is 88.4 Å². The number of hydrogen-bond donors (Lipinski definition) is 0. The third kappa shape index (κ3) is 5.35. The normalized spacial score (nSPS) is 12.4. The third-order valence-electron chi connectivity index (χ3n) is 6.57. The Hall–Kier alpha value is -4.61. The molecule has 0 saturated heterocycles. The number of fused-ring (bicyclic) bond motifs is 1. The zero-order valence-electron chi connectivity index (χ0n) is 22.0. The molecule has 2 aromatic heterocycles. The molecule has 0 aliphatic carbocycles. The first-order chi connectivity index (χ1) is 18.5. The quantitative estimate of drug-likeness (QED) is 0.232. The van der Waals surface area contributed by atoms with Gasteiger partial charge >= 0.3 is 0 Å². The zero-order valence-corrected chi connectivity index (χ0v) is 22.8. The highest BCUT2D eigenvalue weighted by Crippen LogP contribution is 2.35. The molecule has 0 saturated carbocycles. The number of pyridine rings is 1. The van der Waals surface area contributed by atoms with Crippen LogP contribution in [0, 0.1) is 18.3 Å². The molecular weight excluding hydrogens is 508 g/mol. The standard InChI is InChI=1S/C31H26N4O3S/c1-20-34-30(38-35-20)28(22-10-12-26(13-11-22)39(4,36)37)16-21-7-5-8-23(15-21)27-18-25(31(2,3)19-32)17-24-9-6-14-33-29(24)27/h5-18H,1-4H3/b28-16+. The van der Waals surface area contributed by atoms with E-state index in [1.165, 1.54) is 6.26 Å². The van der Waals surface area contributed by atoms with Crippen LogP contribution in [0.3, 0.4) is 0 Å². The lowest BCUT2D eigenvalue weighted by molar-refractivity contribution is 0.403. The van der Waals surface area contributed by atoms with E-state index < -0.39 is 15.3 Å². The van der Waals surface area contributed by atoms with Gasteiger partial charge in [0.05, 0.1) is 21.9 Å². The maximum absolute atomic E-state index is 12.0. The third-order valence-corrected chi connectivity index (χ3v) is 7.69. The van der Waals surface area contributed by atoms with E-state index in [1.54, 1.807) is 37.4 Å². The highest BCUT2D eigenvalue weighted by Gasteiger charge is 2.22. The summed E-state index contributed by atoms with van der Waals surface area (Å²) in [7, 11) is -3.33. The summed E-state index contributed by atoms with van der Waals surface area (Å²) in [6, 6.07) is 24.9. The van der Waals surface area contributed by atoms with Crippen molar-refractivity contribution in [3.63, 3.8) is 0 Å². The lowest BCUT2D eigenvalue weighted by Gasteiger charge is -2.19. The van der Waals surface area contributed by atoms with Gasteiger partial charge in [-0.05, 0) is 85.5 Å². The van der Waals surface area contributed by atoms with Gasteiger partial charge in [-0.1, -0.05) is 41.6 Å². The lowest BCUT2D eigenvalue weighted by atomic mass is 9.83. The molecule has 0 unspecified atom stereocenters. The van der Waals surface area contributed by atoms with Gasteiger partial charge in [-0.3, -0.25) is 4.98 Å².